The number of hydrogen-bond acceptors (Lipinski definition) is 5. The lowest BCUT2D eigenvalue weighted by Gasteiger charge is -2.10. The lowest BCUT2D eigenvalue weighted by atomic mass is 10.0. The quantitative estimate of drug-likeness (QED) is 0.262. The molecule has 1 aromatic heterocycles. The molecule has 0 radical (unpaired) electrons. The average Bonchev–Trinajstić information content (AvgIpc) is 3.35. The monoisotopic (exact) mass is 452 g/mol. The van der Waals surface area contributed by atoms with E-state index in [0.29, 0.717) is 29.5 Å². The first-order valence-corrected chi connectivity index (χ1v) is 11.7. The molecule has 0 bridgehead atoms. The van der Waals surface area contributed by atoms with Gasteiger partial charge in [0, 0.05) is 22.6 Å². The van der Waals surface area contributed by atoms with Gasteiger partial charge in [-0.1, -0.05) is 54.6 Å². The molecule has 0 N–H and O–H groups in total. The zero-order chi connectivity index (χ0) is 23.0. The molecule has 5 heteroatoms. The van der Waals surface area contributed by atoms with Gasteiger partial charge in [-0.15, -0.1) is 11.3 Å². The number of hydrogen-bond donors (Lipinski definition) is 0. The van der Waals surface area contributed by atoms with Gasteiger partial charge in [-0.05, 0) is 43.2 Å². The SMILES string of the molecule is CCOc1ccc(/C=C(/C#N)c2nc(-c3ccc(-c4ccccc4)cc3)cs2)c(OCC)c1. The molecule has 0 atom stereocenters. The van der Waals surface area contributed by atoms with E-state index in [-0.39, 0.29) is 0 Å². The van der Waals surface area contributed by atoms with Crippen molar-refractivity contribution < 1.29 is 9.47 Å². The van der Waals surface area contributed by atoms with Crippen molar-refractivity contribution in [2.75, 3.05) is 13.2 Å². The van der Waals surface area contributed by atoms with E-state index in [1.165, 1.54) is 16.9 Å². The molecule has 0 amide bonds. The topological polar surface area (TPSA) is 55.1 Å². The van der Waals surface area contributed by atoms with E-state index < -0.39 is 0 Å². The van der Waals surface area contributed by atoms with Gasteiger partial charge < -0.3 is 9.47 Å². The second-order valence-corrected chi connectivity index (χ2v) is 8.07. The van der Waals surface area contributed by atoms with Crippen LogP contribution in [0.25, 0.3) is 34.0 Å². The van der Waals surface area contributed by atoms with Crippen molar-refractivity contribution in [3.05, 3.63) is 88.7 Å². The summed E-state index contributed by atoms with van der Waals surface area (Å²) >= 11 is 1.46. The van der Waals surface area contributed by atoms with Crippen LogP contribution in [0.15, 0.2) is 78.2 Å². The molecule has 4 nitrogen and oxygen atoms in total. The number of thiazole rings is 1. The summed E-state index contributed by atoms with van der Waals surface area (Å²) in [6, 6.07) is 26.5. The van der Waals surface area contributed by atoms with Crippen LogP contribution in [0, 0.1) is 11.3 Å². The van der Waals surface area contributed by atoms with Crippen LogP contribution in [0.4, 0.5) is 0 Å². The smallest absolute Gasteiger partial charge is 0.134 e. The largest absolute Gasteiger partial charge is 0.494 e. The molecule has 3 aromatic carbocycles. The minimum Gasteiger partial charge on any atom is -0.494 e. The first-order chi connectivity index (χ1) is 16.2. The molecule has 0 aliphatic heterocycles. The zero-order valence-corrected chi connectivity index (χ0v) is 19.4. The van der Waals surface area contributed by atoms with E-state index in [2.05, 4.69) is 42.5 Å². The molecular weight excluding hydrogens is 428 g/mol. The third-order valence-electron chi connectivity index (χ3n) is 5.04. The Morgan fingerprint density at radius 3 is 2.30 bits per heavy atom. The van der Waals surface area contributed by atoms with Gasteiger partial charge in [0.1, 0.15) is 22.6 Å². The molecule has 0 saturated carbocycles. The fraction of sp³-hybridized carbons (Fsp3) is 0.143. The summed E-state index contributed by atoms with van der Waals surface area (Å²) in [6.07, 6.45) is 1.82. The normalized spacial score (nSPS) is 11.1. The van der Waals surface area contributed by atoms with Gasteiger partial charge in [0.2, 0.25) is 0 Å². The Morgan fingerprint density at radius 2 is 1.61 bits per heavy atom. The highest BCUT2D eigenvalue weighted by atomic mass is 32.1. The Morgan fingerprint density at radius 1 is 0.909 bits per heavy atom. The van der Waals surface area contributed by atoms with E-state index in [9.17, 15) is 5.26 Å². The molecule has 0 fully saturated rings. The second kappa shape index (κ2) is 10.6. The van der Waals surface area contributed by atoms with Crippen molar-refractivity contribution >= 4 is 23.0 Å². The van der Waals surface area contributed by atoms with E-state index in [4.69, 9.17) is 14.5 Å². The van der Waals surface area contributed by atoms with Gasteiger partial charge >= 0.3 is 0 Å². The van der Waals surface area contributed by atoms with Gasteiger partial charge in [0.05, 0.1) is 24.5 Å². The van der Waals surface area contributed by atoms with Crippen molar-refractivity contribution in [3.8, 4) is 40.0 Å². The number of nitrogens with zero attached hydrogens (tertiary/aromatic N) is 2. The number of benzene rings is 3. The number of aromatic nitrogens is 1. The predicted octanol–water partition coefficient (Wildman–Crippen LogP) is 7.34. The molecule has 164 valence electrons. The minimum atomic E-state index is 0.497. The van der Waals surface area contributed by atoms with Crippen molar-refractivity contribution in [1.29, 1.82) is 5.26 Å². The number of ether oxygens (including phenoxy) is 2. The van der Waals surface area contributed by atoms with Crippen LogP contribution in [0.5, 0.6) is 11.5 Å². The minimum absolute atomic E-state index is 0.497. The van der Waals surface area contributed by atoms with Crippen molar-refractivity contribution in [2.45, 2.75) is 13.8 Å². The van der Waals surface area contributed by atoms with Crippen LogP contribution < -0.4 is 9.47 Å². The fourth-order valence-electron chi connectivity index (χ4n) is 3.46. The summed E-state index contributed by atoms with van der Waals surface area (Å²) < 4.78 is 11.4. The lowest BCUT2D eigenvalue weighted by Crippen LogP contribution is -1.97. The predicted molar refractivity (Wildman–Crippen MR) is 135 cm³/mol. The average molecular weight is 453 g/mol. The first-order valence-electron chi connectivity index (χ1n) is 10.8. The molecule has 0 aliphatic carbocycles. The molecule has 4 aromatic rings. The molecule has 0 spiro atoms. The third kappa shape index (κ3) is 5.31. The van der Waals surface area contributed by atoms with Gasteiger partial charge in [-0.3, -0.25) is 0 Å². The Hall–Kier alpha value is -3.88. The number of rotatable bonds is 8. The van der Waals surface area contributed by atoms with Crippen molar-refractivity contribution in [3.63, 3.8) is 0 Å². The summed E-state index contributed by atoms with van der Waals surface area (Å²) in [7, 11) is 0. The summed E-state index contributed by atoms with van der Waals surface area (Å²) in [5.41, 5.74) is 5.53. The summed E-state index contributed by atoms with van der Waals surface area (Å²) in [5, 5.41) is 12.5. The van der Waals surface area contributed by atoms with Gasteiger partial charge in [-0.2, -0.15) is 5.26 Å². The number of nitriles is 1. The standard InChI is InChI=1S/C28H24N2O2S/c1-3-31-25-15-14-23(27(17-25)32-4-2)16-24(18-29)28-30-26(19-33-28)22-12-10-21(11-13-22)20-8-6-5-7-9-20/h5-17,19H,3-4H2,1-2H3/b24-16-. The molecule has 0 unspecified atom stereocenters. The maximum atomic E-state index is 9.83. The molecule has 4 rings (SSSR count). The lowest BCUT2D eigenvalue weighted by molar-refractivity contribution is 0.322. The van der Waals surface area contributed by atoms with Crippen LogP contribution in [-0.4, -0.2) is 18.2 Å². The molecular formula is C28H24N2O2S. The highest BCUT2D eigenvalue weighted by molar-refractivity contribution is 7.11. The highest BCUT2D eigenvalue weighted by Crippen LogP contribution is 2.32. The Bertz CT molecular complexity index is 1290. The van der Waals surface area contributed by atoms with Gasteiger partial charge in [0.15, 0.2) is 0 Å². The fourth-order valence-corrected chi connectivity index (χ4v) is 4.26. The van der Waals surface area contributed by atoms with Gasteiger partial charge in [-0.25, -0.2) is 4.98 Å². The number of allylic oxidation sites excluding steroid dienone is 1. The van der Waals surface area contributed by atoms with E-state index >= 15 is 0 Å². The van der Waals surface area contributed by atoms with Crippen LogP contribution in [0.3, 0.4) is 0 Å². The first kappa shape index (κ1) is 22.3. The maximum absolute atomic E-state index is 9.83. The summed E-state index contributed by atoms with van der Waals surface area (Å²) in [6.45, 7) is 4.98. The molecule has 0 saturated heterocycles. The van der Waals surface area contributed by atoms with Crippen LogP contribution in [-0.2, 0) is 0 Å². The van der Waals surface area contributed by atoms with Gasteiger partial charge in [0.25, 0.3) is 0 Å². The van der Waals surface area contributed by atoms with Crippen LogP contribution >= 0.6 is 11.3 Å². The highest BCUT2D eigenvalue weighted by Gasteiger charge is 2.12. The molecule has 33 heavy (non-hydrogen) atoms. The second-order valence-electron chi connectivity index (χ2n) is 7.22. The Labute approximate surface area is 198 Å². The maximum Gasteiger partial charge on any atom is 0.134 e. The summed E-state index contributed by atoms with van der Waals surface area (Å²) in [4.78, 5) is 4.74. The summed E-state index contributed by atoms with van der Waals surface area (Å²) in [5.74, 6) is 1.43. The van der Waals surface area contributed by atoms with Crippen molar-refractivity contribution in [2.24, 2.45) is 0 Å². The van der Waals surface area contributed by atoms with E-state index in [0.717, 1.165) is 28.1 Å². The van der Waals surface area contributed by atoms with E-state index in [1.807, 2.05) is 61.7 Å². The Balaban J connectivity index is 1.61. The molecule has 1 heterocycles. The third-order valence-corrected chi connectivity index (χ3v) is 5.91. The van der Waals surface area contributed by atoms with Crippen LogP contribution in [0.1, 0.15) is 24.4 Å². The molecule has 0 aliphatic rings. The zero-order valence-electron chi connectivity index (χ0n) is 18.6. The Kier molecular flexibility index (Phi) is 7.19. The van der Waals surface area contributed by atoms with Crippen molar-refractivity contribution in [1.82, 2.24) is 4.98 Å². The van der Waals surface area contributed by atoms with Crippen LogP contribution in [0.2, 0.25) is 0 Å². The van der Waals surface area contributed by atoms with E-state index in [1.54, 1.807) is 0 Å².